The number of carbonyl (C=O) groups excluding carboxylic acids is 3. The fourth-order valence-electron chi connectivity index (χ4n) is 4.12. The third kappa shape index (κ3) is 3.31. The maximum atomic E-state index is 13.1. The molecule has 1 saturated carbocycles. The highest BCUT2D eigenvalue weighted by Crippen LogP contribution is 2.44. The fraction of sp³-hybridized carbons (Fsp3) is 0.526. The zero-order valence-electron chi connectivity index (χ0n) is 15.1. The van der Waals surface area contributed by atoms with Gasteiger partial charge < -0.3 is 20.1 Å². The zero-order valence-corrected chi connectivity index (χ0v) is 15.1. The van der Waals surface area contributed by atoms with Gasteiger partial charge in [-0.1, -0.05) is 12.8 Å². The molecule has 0 bridgehead atoms. The number of methoxy groups -OCH3 is 2. The van der Waals surface area contributed by atoms with E-state index >= 15 is 0 Å². The van der Waals surface area contributed by atoms with E-state index in [0.717, 1.165) is 32.2 Å². The number of rotatable bonds is 4. The van der Waals surface area contributed by atoms with Crippen LogP contribution in [-0.2, 0) is 14.3 Å². The number of nitrogens with one attached hydrogen (secondary N) is 2. The van der Waals surface area contributed by atoms with E-state index in [9.17, 15) is 14.4 Å². The smallest absolute Gasteiger partial charge is 0.337 e. The minimum atomic E-state index is -0.581. The Morgan fingerprint density at radius 3 is 2.35 bits per heavy atom. The summed E-state index contributed by atoms with van der Waals surface area (Å²) >= 11 is 0. The first-order valence-electron chi connectivity index (χ1n) is 8.84. The average Bonchev–Trinajstić information content (AvgIpc) is 3.11. The molecule has 2 aliphatic rings. The summed E-state index contributed by atoms with van der Waals surface area (Å²) in [6.07, 6.45) is 4.06. The predicted octanol–water partition coefficient (Wildman–Crippen LogP) is 1.98. The van der Waals surface area contributed by atoms with Crippen LogP contribution in [0.2, 0.25) is 0 Å². The topological polar surface area (TPSA) is 93.7 Å². The number of benzene rings is 1. The zero-order chi connectivity index (χ0) is 18.7. The van der Waals surface area contributed by atoms with Crippen LogP contribution in [0.25, 0.3) is 0 Å². The molecule has 1 aromatic rings. The Bertz CT molecular complexity index is 698. The van der Waals surface area contributed by atoms with Gasteiger partial charge in [0.2, 0.25) is 5.91 Å². The largest absolute Gasteiger partial charge is 0.465 e. The van der Waals surface area contributed by atoms with Gasteiger partial charge in [-0.15, -0.1) is 0 Å². The third-order valence-electron chi connectivity index (χ3n) is 5.52. The molecule has 7 heteroatoms. The van der Waals surface area contributed by atoms with E-state index in [1.165, 1.54) is 32.4 Å². The van der Waals surface area contributed by atoms with Crippen molar-refractivity contribution in [2.24, 2.45) is 11.3 Å². The third-order valence-corrected chi connectivity index (χ3v) is 5.52. The summed E-state index contributed by atoms with van der Waals surface area (Å²) in [4.78, 5) is 36.9. The van der Waals surface area contributed by atoms with E-state index in [4.69, 9.17) is 9.47 Å². The van der Waals surface area contributed by atoms with Gasteiger partial charge in [-0.25, -0.2) is 9.59 Å². The molecule has 0 aromatic heterocycles. The number of fused-ring (bicyclic) bond motifs is 1. The van der Waals surface area contributed by atoms with Gasteiger partial charge in [0.1, 0.15) is 0 Å². The second-order valence-electron chi connectivity index (χ2n) is 6.97. The SMILES string of the molecule is COC(=O)c1cc(NC(=O)[C@@]23CCCC[C@H]2CNC3)cc(C(=O)OC)c1. The van der Waals surface area contributed by atoms with Crippen LogP contribution in [0, 0.1) is 11.3 Å². The van der Waals surface area contributed by atoms with Crippen molar-refractivity contribution in [3.05, 3.63) is 29.3 Å². The van der Waals surface area contributed by atoms with Gasteiger partial charge in [-0.2, -0.15) is 0 Å². The molecular formula is C19H24N2O5. The van der Waals surface area contributed by atoms with Gasteiger partial charge in [0.25, 0.3) is 0 Å². The summed E-state index contributed by atoms with van der Waals surface area (Å²) in [6, 6.07) is 4.44. The van der Waals surface area contributed by atoms with Crippen molar-refractivity contribution in [2.75, 3.05) is 32.6 Å². The Balaban J connectivity index is 1.89. The second kappa shape index (κ2) is 7.45. The van der Waals surface area contributed by atoms with E-state index in [-0.39, 0.29) is 17.0 Å². The van der Waals surface area contributed by atoms with Crippen LogP contribution in [-0.4, -0.2) is 45.2 Å². The number of hydrogen-bond acceptors (Lipinski definition) is 6. The fourth-order valence-corrected chi connectivity index (χ4v) is 4.12. The highest BCUT2D eigenvalue weighted by molar-refractivity contribution is 6.01. The summed E-state index contributed by atoms with van der Waals surface area (Å²) in [6.45, 7) is 1.51. The lowest BCUT2D eigenvalue weighted by molar-refractivity contribution is -0.128. The van der Waals surface area contributed by atoms with Gasteiger partial charge >= 0.3 is 11.9 Å². The molecule has 2 N–H and O–H groups in total. The first-order valence-corrected chi connectivity index (χ1v) is 8.84. The monoisotopic (exact) mass is 360 g/mol. The predicted molar refractivity (Wildman–Crippen MR) is 95.0 cm³/mol. The molecule has 0 spiro atoms. The van der Waals surface area contributed by atoms with Gasteiger partial charge in [0.15, 0.2) is 0 Å². The minimum Gasteiger partial charge on any atom is -0.465 e. The number of anilines is 1. The van der Waals surface area contributed by atoms with Gasteiger partial charge in [-0.05, 0) is 43.5 Å². The maximum absolute atomic E-state index is 13.1. The Labute approximate surface area is 152 Å². The van der Waals surface area contributed by atoms with E-state index in [0.29, 0.717) is 18.2 Å². The van der Waals surface area contributed by atoms with Crippen LogP contribution in [0.15, 0.2) is 18.2 Å². The van der Waals surface area contributed by atoms with Crippen LogP contribution >= 0.6 is 0 Å². The molecule has 1 aromatic carbocycles. The summed E-state index contributed by atoms with van der Waals surface area (Å²) in [5.74, 6) is -0.907. The van der Waals surface area contributed by atoms with Crippen molar-refractivity contribution < 1.29 is 23.9 Å². The summed E-state index contributed by atoms with van der Waals surface area (Å²) in [5.41, 5.74) is 0.343. The van der Waals surface area contributed by atoms with Crippen molar-refractivity contribution in [3.63, 3.8) is 0 Å². The number of hydrogen-bond donors (Lipinski definition) is 2. The van der Waals surface area contributed by atoms with E-state index < -0.39 is 17.4 Å². The highest BCUT2D eigenvalue weighted by Gasteiger charge is 2.49. The lowest BCUT2D eigenvalue weighted by Gasteiger charge is -2.37. The number of esters is 2. The molecule has 2 atom stereocenters. The summed E-state index contributed by atoms with van der Waals surface area (Å²) < 4.78 is 9.47. The van der Waals surface area contributed by atoms with Crippen molar-refractivity contribution in [3.8, 4) is 0 Å². The standard InChI is InChI=1S/C19H24N2O5/c1-25-16(22)12-7-13(17(23)26-2)9-15(8-12)21-18(24)19-6-4-3-5-14(19)10-20-11-19/h7-9,14,20H,3-6,10-11H2,1-2H3,(H,21,24)/t14-,19+/m0/s1. The molecule has 1 saturated heterocycles. The maximum Gasteiger partial charge on any atom is 0.337 e. The number of amides is 1. The second-order valence-corrected chi connectivity index (χ2v) is 6.97. The van der Waals surface area contributed by atoms with E-state index in [1.807, 2.05) is 0 Å². The normalized spacial score (nSPS) is 24.5. The molecule has 0 radical (unpaired) electrons. The van der Waals surface area contributed by atoms with Crippen molar-refractivity contribution in [1.29, 1.82) is 0 Å². The van der Waals surface area contributed by atoms with Crippen LogP contribution in [0.5, 0.6) is 0 Å². The van der Waals surface area contributed by atoms with Crippen molar-refractivity contribution >= 4 is 23.5 Å². The molecule has 0 unspecified atom stereocenters. The van der Waals surface area contributed by atoms with Crippen LogP contribution < -0.4 is 10.6 Å². The highest BCUT2D eigenvalue weighted by atomic mass is 16.5. The van der Waals surface area contributed by atoms with E-state index in [1.54, 1.807) is 0 Å². The molecule has 2 fully saturated rings. The lowest BCUT2D eigenvalue weighted by atomic mass is 9.67. The Kier molecular flexibility index (Phi) is 5.27. The number of carbonyl (C=O) groups is 3. The van der Waals surface area contributed by atoms with Gasteiger partial charge in [0.05, 0.1) is 30.8 Å². The Morgan fingerprint density at radius 2 is 1.73 bits per heavy atom. The minimum absolute atomic E-state index is 0.0648. The molecule has 1 amide bonds. The first kappa shape index (κ1) is 18.4. The van der Waals surface area contributed by atoms with Gasteiger partial charge in [0, 0.05) is 12.2 Å². The average molecular weight is 360 g/mol. The quantitative estimate of drug-likeness (QED) is 0.798. The molecule has 7 nitrogen and oxygen atoms in total. The molecule has 1 heterocycles. The number of ether oxygens (including phenoxy) is 2. The molecule has 140 valence electrons. The molecule has 1 aliphatic carbocycles. The van der Waals surface area contributed by atoms with E-state index in [2.05, 4.69) is 10.6 Å². The van der Waals surface area contributed by atoms with Crippen LogP contribution in [0.3, 0.4) is 0 Å². The molecular weight excluding hydrogens is 336 g/mol. The first-order chi connectivity index (χ1) is 12.5. The Hall–Kier alpha value is -2.41. The van der Waals surface area contributed by atoms with Crippen LogP contribution in [0.1, 0.15) is 46.4 Å². The Morgan fingerprint density at radius 1 is 1.08 bits per heavy atom. The van der Waals surface area contributed by atoms with Crippen molar-refractivity contribution in [1.82, 2.24) is 5.32 Å². The molecule has 26 heavy (non-hydrogen) atoms. The van der Waals surface area contributed by atoms with Crippen LogP contribution in [0.4, 0.5) is 5.69 Å². The van der Waals surface area contributed by atoms with Crippen molar-refractivity contribution in [2.45, 2.75) is 25.7 Å². The summed E-state index contributed by atoms with van der Waals surface area (Å²) in [5, 5.41) is 6.26. The van der Waals surface area contributed by atoms with Gasteiger partial charge in [-0.3, -0.25) is 4.79 Å². The lowest BCUT2D eigenvalue weighted by Crippen LogP contribution is -2.44. The molecule has 1 aliphatic heterocycles. The summed E-state index contributed by atoms with van der Waals surface area (Å²) in [7, 11) is 2.53. The molecule has 3 rings (SSSR count).